The standard InChI is InChI=1S/C26H23N7O/c1-4-5-11-20-22-23(27)29-15-30-25(22)32(31-20)14-19-13-18-10-6-8-16(2)21(18)26(34)33(19)24-17(3)9-7-12-28-24/h6-10,12-13,15H,4,14H2,1-3H3,(H2,27,29,30). The largest absolute Gasteiger partial charge is 0.383 e. The van der Waals surface area contributed by atoms with E-state index in [2.05, 4.69) is 26.8 Å². The van der Waals surface area contributed by atoms with Gasteiger partial charge in [-0.1, -0.05) is 37.1 Å². The van der Waals surface area contributed by atoms with Crippen LogP contribution in [0.1, 0.15) is 35.9 Å². The summed E-state index contributed by atoms with van der Waals surface area (Å²) >= 11 is 0. The molecule has 0 fully saturated rings. The van der Waals surface area contributed by atoms with E-state index in [1.54, 1.807) is 15.4 Å². The van der Waals surface area contributed by atoms with Crippen molar-refractivity contribution < 1.29 is 0 Å². The van der Waals surface area contributed by atoms with Crippen LogP contribution in [0.4, 0.5) is 5.82 Å². The Bertz CT molecular complexity index is 1690. The molecular weight excluding hydrogens is 426 g/mol. The van der Waals surface area contributed by atoms with Gasteiger partial charge in [0.05, 0.1) is 23.0 Å². The molecule has 5 aromatic rings. The van der Waals surface area contributed by atoms with Gasteiger partial charge in [0.1, 0.15) is 23.7 Å². The zero-order valence-electron chi connectivity index (χ0n) is 19.2. The number of nitrogens with zero attached hydrogens (tertiary/aromatic N) is 6. The number of benzene rings is 1. The second-order valence-corrected chi connectivity index (χ2v) is 8.08. The first-order chi connectivity index (χ1) is 16.5. The molecule has 0 amide bonds. The summed E-state index contributed by atoms with van der Waals surface area (Å²) in [5.41, 5.74) is 9.65. The normalized spacial score (nSPS) is 11.0. The second kappa shape index (κ2) is 8.45. The Morgan fingerprint density at radius 3 is 2.65 bits per heavy atom. The van der Waals surface area contributed by atoms with E-state index >= 15 is 0 Å². The minimum Gasteiger partial charge on any atom is -0.383 e. The Morgan fingerprint density at radius 2 is 1.85 bits per heavy atom. The molecule has 34 heavy (non-hydrogen) atoms. The zero-order chi connectivity index (χ0) is 23.8. The molecule has 4 heterocycles. The minimum absolute atomic E-state index is 0.121. The van der Waals surface area contributed by atoms with E-state index < -0.39 is 0 Å². The van der Waals surface area contributed by atoms with Crippen molar-refractivity contribution in [2.45, 2.75) is 33.7 Å². The van der Waals surface area contributed by atoms with Gasteiger partial charge < -0.3 is 5.73 Å². The molecule has 8 heteroatoms. The molecule has 0 aliphatic heterocycles. The molecule has 168 valence electrons. The number of aryl methyl sites for hydroxylation is 2. The van der Waals surface area contributed by atoms with E-state index in [0.29, 0.717) is 40.2 Å². The van der Waals surface area contributed by atoms with Gasteiger partial charge in [0.15, 0.2) is 5.65 Å². The second-order valence-electron chi connectivity index (χ2n) is 8.08. The lowest BCUT2D eigenvalue weighted by Gasteiger charge is -2.16. The Balaban J connectivity index is 1.80. The summed E-state index contributed by atoms with van der Waals surface area (Å²) in [4.78, 5) is 26.9. The van der Waals surface area contributed by atoms with Gasteiger partial charge in [-0.25, -0.2) is 19.6 Å². The fourth-order valence-corrected chi connectivity index (χ4v) is 4.20. The van der Waals surface area contributed by atoms with E-state index in [-0.39, 0.29) is 12.1 Å². The van der Waals surface area contributed by atoms with Crippen molar-refractivity contribution in [3.05, 3.63) is 81.8 Å². The van der Waals surface area contributed by atoms with Crippen LogP contribution in [0.2, 0.25) is 0 Å². The van der Waals surface area contributed by atoms with Gasteiger partial charge in [-0.15, -0.1) is 0 Å². The van der Waals surface area contributed by atoms with Gasteiger partial charge in [-0.2, -0.15) is 5.10 Å². The van der Waals surface area contributed by atoms with E-state index in [9.17, 15) is 4.79 Å². The SMILES string of the molecule is CCC#Cc1nn(Cc2cc3cccc(C)c3c(=O)n2-c2ncccc2C)c2ncnc(N)c12. The van der Waals surface area contributed by atoms with Gasteiger partial charge >= 0.3 is 0 Å². The number of pyridine rings is 2. The molecule has 0 radical (unpaired) electrons. The molecule has 0 aliphatic rings. The molecule has 4 aromatic heterocycles. The number of aromatic nitrogens is 6. The lowest BCUT2D eigenvalue weighted by Crippen LogP contribution is -2.26. The molecule has 2 N–H and O–H groups in total. The fourth-order valence-electron chi connectivity index (χ4n) is 4.20. The monoisotopic (exact) mass is 449 g/mol. The number of anilines is 1. The summed E-state index contributed by atoms with van der Waals surface area (Å²) in [6.45, 7) is 6.13. The number of nitrogens with two attached hydrogens (primary N) is 1. The number of rotatable bonds is 3. The highest BCUT2D eigenvalue weighted by molar-refractivity contribution is 5.90. The first-order valence-corrected chi connectivity index (χ1v) is 11.0. The quantitative estimate of drug-likeness (QED) is 0.423. The van der Waals surface area contributed by atoms with E-state index in [1.165, 1.54) is 6.33 Å². The van der Waals surface area contributed by atoms with Crippen molar-refractivity contribution >= 4 is 27.6 Å². The van der Waals surface area contributed by atoms with Crippen LogP contribution in [-0.4, -0.2) is 29.3 Å². The molecule has 0 bridgehead atoms. The Hall–Kier alpha value is -4.51. The number of hydrogen-bond acceptors (Lipinski definition) is 6. The molecule has 0 spiro atoms. The molecule has 1 aromatic carbocycles. The number of fused-ring (bicyclic) bond motifs is 2. The molecular formula is C26H23N7O. The number of hydrogen-bond donors (Lipinski definition) is 1. The highest BCUT2D eigenvalue weighted by atomic mass is 16.1. The minimum atomic E-state index is -0.121. The third kappa shape index (κ3) is 3.48. The Kier molecular flexibility index (Phi) is 5.30. The van der Waals surface area contributed by atoms with Crippen molar-refractivity contribution in [2.24, 2.45) is 0 Å². The summed E-state index contributed by atoms with van der Waals surface area (Å²) < 4.78 is 3.39. The van der Waals surface area contributed by atoms with Crippen LogP contribution < -0.4 is 11.3 Å². The van der Waals surface area contributed by atoms with Crippen LogP contribution in [0, 0.1) is 25.7 Å². The number of nitrogen functional groups attached to an aromatic ring is 1. The average molecular weight is 450 g/mol. The van der Waals surface area contributed by atoms with Gasteiger partial charge in [0.2, 0.25) is 0 Å². The summed E-state index contributed by atoms with van der Waals surface area (Å²) in [7, 11) is 0. The maximum atomic E-state index is 13.8. The Morgan fingerprint density at radius 1 is 1.03 bits per heavy atom. The topological polar surface area (TPSA) is 105 Å². The summed E-state index contributed by atoms with van der Waals surface area (Å²) in [6.07, 6.45) is 3.79. The predicted octanol–water partition coefficient (Wildman–Crippen LogP) is 3.53. The molecule has 0 saturated carbocycles. The van der Waals surface area contributed by atoms with Crippen molar-refractivity contribution in [1.82, 2.24) is 29.3 Å². The molecule has 5 rings (SSSR count). The van der Waals surface area contributed by atoms with E-state index in [1.807, 2.05) is 57.2 Å². The van der Waals surface area contributed by atoms with Crippen LogP contribution in [-0.2, 0) is 6.54 Å². The first kappa shape index (κ1) is 21.3. The molecule has 0 atom stereocenters. The van der Waals surface area contributed by atoms with Crippen molar-refractivity contribution in [2.75, 3.05) is 5.73 Å². The predicted molar refractivity (Wildman–Crippen MR) is 133 cm³/mol. The molecule has 0 unspecified atom stereocenters. The highest BCUT2D eigenvalue weighted by Gasteiger charge is 2.19. The van der Waals surface area contributed by atoms with Crippen LogP contribution in [0.5, 0.6) is 0 Å². The maximum absolute atomic E-state index is 13.8. The van der Waals surface area contributed by atoms with E-state index in [0.717, 1.165) is 22.2 Å². The first-order valence-electron chi connectivity index (χ1n) is 11.0. The smallest absolute Gasteiger partial charge is 0.264 e. The molecule has 0 saturated heterocycles. The summed E-state index contributed by atoms with van der Waals surface area (Å²) in [6, 6.07) is 11.6. The molecule has 0 aliphatic carbocycles. The van der Waals surface area contributed by atoms with Crippen LogP contribution in [0.3, 0.4) is 0 Å². The van der Waals surface area contributed by atoms with Gasteiger partial charge in [-0.3, -0.25) is 9.36 Å². The Labute approximate surface area is 196 Å². The van der Waals surface area contributed by atoms with Crippen molar-refractivity contribution in [3.8, 4) is 17.7 Å². The van der Waals surface area contributed by atoms with E-state index in [4.69, 9.17) is 10.8 Å². The summed E-state index contributed by atoms with van der Waals surface area (Å²) in [5, 5.41) is 6.84. The third-order valence-corrected chi connectivity index (χ3v) is 5.78. The fraction of sp³-hybridized carbons (Fsp3) is 0.192. The highest BCUT2D eigenvalue weighted by Crippen LogP contribution is 2.24. The molecule has 8 nitrogen and oxygen atoms in total. The van der Waals surface area contributed by atoms with Gasteiger partial charge in [0, 0.05) is 12.6 Å². The van der Waals surface area contributed by atoms with Crippen LogP contribution in [0.25, 0.3) is 27.6 Å². The lowest BCUT2D eigenvalue weighted by atomic mass is 10.1. The van der Waals surface area contributed by atoms with Crippen molar-refractivity contribution in [1.29, 1.82) is 0 Å². The summed E-state index contributed by atoms with van der Waals surface area (Å²) in [5.74, 6) is 7.02. The maximum Gasteiger partial charge on any atom is 0.264 e. The van der Waals surface area contributed by atoms with Crippen molar-refractivity contribution in [3.63, 3.8) is 0 Å². The van der Waals surface area contributed by atoms with Gasteiger partial charge in [-0.05, 0) is 48.4 Å². The van der Waals surface area contributed by atoms with Crippen LogP contribution >= 0.6 is 0 Å². The zero-order valence-corrected chi connectivity index (χ0v) is 19.2. The third-order valence-electron chi connectivity index (χ3n) is 5.78. The van der Waals surface area contributed by atoms with Gasteiger partial charge in [0.25, 0.3) is 5.56 Å². The van der Waals surface area contributed by atoms with Crippen LogP contribution in [0.15, 0.2) is 53.7 Å². The average Bonchev–Trinajstić information content (AvgIpc) is 3.17. The lowest BCUT2D eigenvalue weighted by molar-refractivity contribution is 0.664.